The molecular formula is C35H53B2O4. The summed E-state index contributed by atoms with van der Waals surface area (Å²) in [5.41, 5.74) is 7.97. The third kappa shape index (κ3) is 8.72. The lowest BCUT2D eigenvalue weighted by atomic mass is 9.67. The molecule has 4 rings (SSSR count). The zero-order valence-corrected chi connectivity index (χ0v) is 25.9. The summed E-state index contributed by atoms with van der Waals surface area (Å²) in [6.45, 7) is 6.81. The number of fused-ring (bicyclic) bond motifs is 3. The second-order valence-corrected chi connectivity index (χ2v) is 12.2. The molecule has 0 saturated carbocycles. The third-order valence-corrected chi connectivity index (χ3v) is 9.06. The molecule has 0 atom stereocenters. The lowest BCUT2D eigenvalue weighted by molar-refractivity contribution is 0.143. The second-order valence-electron chi connectivity index (χ2n) is 12.2. The molecule has 0 bridgehead atoms. The van der Waals surface area contributed by atoms with Crippen LogP contribution in [-0.2, 0) is 19.4 Å². The zero-order valence-electron chi connectivity index (χ0n) is 25.9. The van der Waals surface area contributed by atoms with Crippen LogP contribution in [-0.4, -0.2) is 46.1 Å². The van der Waals surface area contributed by atoms with Crippen molar-refractivity contribution in [1.82, 2.24) is 0 Å². The Balaban J connectivity index is 1.66. The molecule has 2 aliphatic rings. The maximum atomic E-state index is 9.16. The predicted molar refractivity (Wildman–Crippen MR) is 174 cm³/mol. The summed E-state index contributed by atoms with van der Waals surface area (Å²) in [5.74, 6) is 0. The highest BCUT2D eigenvalue weighted by molar-refractivity contribution is 6.61. The fourth-order valence-corrected chi connectivity index (χ4v) is 6.81. The van der Waals surface area contributed by atoms with Gasteiger partial charge in [-0.25, -0.2) is 0 Å². The first-order valence-corrected chi connectivity index (χ1v) is 16.8. The Bertz CT molecular complexity index is 1020. The Morgan fingerprint density at radius 1 is 0.756 bits per heavy atom. The van der Waals surface area contributed by atoms with E-state index >= 15 is 0 Å². The summed E-state index contributed by atoms with van der Waals surface area (Å²) >= 11 is 0. The standard InChI is InChI=1S/C35H53B2O4/c1-3-5-7-9-11-13-21-35(22-14-12-10-8-6-4-2)33-27-29(36-39-24-15-23-38)17-19-31(33)32-20-18-30(28-34(32)35)37-40-25-16-26-41-37/h17-20,27-28,38H,3-16,21-26H2,1-2H3. The molecule has 6 heteroatoms. The molecule has 2 aromatic carbocycles. The molecule has 1 aliphatic heterocycles. The van der Waals surface area contributed by atoms with E-state index < -0.39 is 0 Å². The molecule has 0 amide bonds. The highest BCUT2D eigenvalue weighted by Gasteiger charge is 2.43. The Morgan fingerprint density at radius 2 is 1.34 bits per heavy atom. The van der Waals surface area contributed by atoms with Gasteiger partial charge in [-0.3, -0.25) is 0 Å². The summed E-state index contributed by atoms with van der Waals surface area (Å²) < 4.78 is 17.9. The summed E-state index contributed by atoms with van der Waals surface area (Å²) in [6.07, 6.45) is 19.7. The largest absolute Gasteiger partial charge is 0.493 e. The van der Waals surface area contributed by atoms with E-state index in [-0.39, 0.29) is 19.1 Å². The zero-order chi connectivity index (χ0) is 28.8. The van der Waals surface area contributed by atoms with Crippen molar-refractivity contribution in [2.75, 3.05) is 26.4 Å². The number of unbranched alkanes of at least 4 members (excludes halogenated alkanes) is 10. The van der Waals surface area contributed by atoms with Crippen LogP contribution in [0.1, 0.15) is 128 Å². The van der Waals surface area contributed by atoms with E-state index in [0.717, 1.165) is 30.6 Å². The summed E-state index contributed by atoms with van der Waals surface area (Å²) in [6, 6.07) is 13.9. The lowest BCUT2D eigenvalue weighted by Crippen LogP contribution is -2.41. The minimum absolute atomic E-state index is 0.000194. The molecule has 1 radical (unpaired) electrons. The van der Waals surface area contributed by atoms with Gasteiger partial charge in [-0.2, -0.15) is 0 Å². The fraction of sp³-hybridized carbons (Fsp3) is 0.657. The monoisotopic (exact) mass is 559 g/mol. The van der Waals surface area contributed by atoms with Crippen molar-refractivity contribution in [3.05, 3.63) is 47.5 Å². The van der Waals surface area contributed by atoms with Gasteiger partial charge >= 0.3 is 14.6 Å². The van der Waals surface area contributed by atoms with Crippen LogP contribution in [0.15, 0.2) is 36.4 Å². The van der Waals surface area contributed by atoms with Gasteiger partial charge in [-0.1, -0.05) is 133 Å². The molecule has 0 aromatic heterocycles. The third-order valence-electron chi connectivity index (χ3n) is 9.06. The molecule has 1 N–H and O–H groups in total. The molecule has 1 fully saturated rings. The molecule has 41 heavy (non-hydrogen) atoms. The minimum Gasteiger partial charge on any atom is -0.434 e. The smallest absolute Gasteiger partial charge is 0.434 e. The Kier molecular flexibility index (Phi) is 13.8. The van der Waals surface area contributed by atoms with Crippen LogP contribution >= 0.6 is 0 Å². The topological polar surface area (TPSA) is 47.9 Å². The van der Waals surface area contributed by atoms with Crippen LogP contribution in [0.25, 0.3) is 11.1 Å². The van der Waals surface area contributed by atoms with Gasteiger partial charge in [0.25, 0.3) is 0 Å². The van der Waals surface area contributed by atoms with Gasteiger partial charge < -0.3 is 19.1 Å². The van der Waals surface area contributed by atoms with Crippen LogP contribution in [0.2, 0.25) is 0 Å². The van der Waals surface area contributed by atoms with Gasteiger partial charge in [0.05, 0.1) is 0 Å². The van der Waals surface area contributed by atoms with Crippen molar-refractivity contribution in [1.29, 1.82) is 0 Å². The van der Waals surface area contributed by atoms with E-state index in [0.29, 0.717) is 13.0 Å². The van der Waals surface area contributed by atoms with Crippen LogP contribution in [0.4, 0.5) is 0 Å². The first kappa shape index (κ1) is 32.3. The number of aliphatic hydroxyl groups is 1. The van der Waals surface area contributed by atoms with Crippen LogP contribution in [0, 0.1) is 0 Å². The lowest BCUT2D eigenvalue weighted by Gasteiger charge is -2.34. The predicted octanol–water partition coefficient (Wildman–Crippen LogP) is 7.23. The average molecular weight is 559 g/mol. The van der Waals surface area contributed by atoms with Crippen molar-refractivity contribution in [3.63, 3.8) is 0 Å². The molecule has 0 spiro atoms. The van der Waals surface area contributed by atoms with Gasteiger partial charge in [0.2, 0.25) is 0 Å². The molecule has 1 saturated heterocycles. The van der Waals surface area contributed by atoms with Crippen molar-refractivity contribution >= 4 is 25.5 Å². The van der Waals surface area contributed by atoms with Gasteiger partial charge in [0.15, 0.2) is 0 Å². The van der Waals surface area contributed by atoms with Gasteiger partial charge in [-0.15, -0.1) is 0 Å². The summed E-state index contributed by atoms with van der Waals surface area (Å²) in [5, 5.41) is 9.16. The van der Waals surface area contributed by atoms with E-state index in [2.05, 4.69) is 50.2 Å². The van der Waals surface area contributed by atoms with Gasteiger partial charge in [0, 0.05) is 31.8 Å². The Labute approximate surface area is 251 Å². The second kappa shape index (κ2) is 17.5. The Hall–Kier alpha value is -1.59. The number of hydrogen-bond acceptors (Lipinski definition) is 4. The molecule has 0 unspecified atom stereocenters. The van der Waals surface area contributed by atoms with Crippen molar-refractivity contribution < 1.29 is 19.1 Å². The summed E-state index contributed by atoms with van der Waals surface area (Å²) in [4.78, 5) is 0. The molecule has 2 aromatic rings. The van der Waals surface area contributed by atoms with Crippen molar-refractivity contribution in [2.24, 2.45) is 0 Å². The maximum absolute atomic E-state index is 9.16. The van der Waals surface area contributed by atoms with Crippen LogP contribution in [0.5, 0.6) is 0 Å². The fourth-order valence-electron chi connectivity index (χ4n) is 6.81. The molecule has 4 nitrogen and oxygen atoms in total. The number of benzene rings is 2. The highest BCUT2D eigenvalue weighted by atomic mass is 16.6. The minimum atomic E-state index is -0.262. The van der Waals surface area contributed by atoms with Crippen molar-refractivity contribution in [2.45, 2.75) is 122 Å². The summed E-state index contributed by atoms with van der Waals surface area (Å²) in [7, 11) is 1.62. The first-order valence-electron chi connectivity index (χ1n) is 16.8. The van der Waals surface area contributed by atoms with Gasteiger partial charge in [-0.05, 0) is 53.4 Å². The van der Waals surface area contributed by atoms with Crippen LogP contribution < -0.4 is 10.9 Å². The van der Waals surface area contributed by atoms with E-state index in [1.165, 1.54) is 112 Å². The molecule has 1 heterocycles. The maximum Gasteiger partial charge on any atom is 0.493 e. The number of aliphatic hydroxyl groups excluding tert-OH is 1. The highest BCUT2D eigenvalue weighted by Crippen LogP contribution is 2.53. The number of rotatable bonds is 20. The Morgan fingerprint density at radius 3 is 1.98 bits per heavy atom. The van der Waals surface area contributed by atoms with E-state index in [1.54, 1.807) is 0 Å². The van der Waals surface area contributed by atoms with Crippen LogP contribution in [0.3, 0.4) is 0 Å². The van der Waals surface area contributed by atoms with Gasteiger partial charge in [0.1, 0.15) is 0 Å². The first-order chi connectivity index (χ1) is 20.2. The number of hydrogen-bond donors (Lipinski definition) is 1. The normalized spacial score (nSPS) is 15.6. The van der Waals surface area contributed by atoms with E-state index in [4.69, 9.17) is 19.1 Å². The average Bonchev–Trinajstić information content (AvgIpc) is 3.27. The molecule has 223 valence electrons. The van der Waals surface area contributed by atoms with E-state index in [1.807, 2.05) is 7.48 Å². The van der Waals surface area contributed by atoms with E-state index in [9.17, 15) is 0 Å². The van der Waals surface area contributed by atoms with Crippen molar-refractivity contribution in [3.8, 4) is 11.1 Å². The molecule has 1 aliphatic carbocycles. The quantitative estimate of drug-likeness (QED) is 0.137. The SMILES string of the molecule is CCCCCCCCC1(CCCCCCCC)c2cc([B]OCCCO)ccc2-c2ccc(B3OCCCO3)cc21. The molecular weight excluding hydrogens is 506 g/mol.